The zero-order valence-corrected chi connectivity index (χ0v) is 42.5. The molecule has 1 aliphatic heterocycles. The summed E-state index contributed by atoms with van der Waals surface area (Å²) in [5.41, 5.74) is 14.2. The van der Waals surface area contributed by atoms with Gasteiger partial charge in [-0.2, -0.15) is 0 Å². The number of rotatable bonds is 18. The molecule has 0 bridgehead atoms. The van der Waals surface area contributed by atoms with Crippen molar-refractivity contribution in [2.75, 3.05) is 18.1 Å². The Kier molecular flexibility index (Phi) is 22.1. The molecule has 24 heteroatoms. The molecule has 0 unspecified atom stereocenters. The Balaban J connectivity index is 1.62. The van der Waals surface area contributed by atoms with Crippen molar-refractivity contribution < 1.29 is 58.5 Å². The number of carboxylic acid groups (broad SMARTS) is 2. The van der Waals surface area contributed by atoms with E-state index < -0.39 is 114 Å². The van der Waals surface area contributed by atoms with Crippen molar-refractivity contribution in [3.05, 3.63) is 102 Å². The van der Waals surface area contributed by atoms with Crippen LogP contribution in [0.4, 0.5) is 0 Å². The van der Waals surface area contributed by atoms with Crippen LogP contribution in [-0.2, 0) is 62.4 Å². The van der Waals surface area contributed by atoms with Crippen molar-refractivity contribution in [1.29, 1.82) is 0 Å². The van der Waals surface area contributed by atoms with Gasteiger partial charge in [0.05, 0.1) is 12.5 Å². The SMILES string of the molecule is CC(C)[C@H](NC(=O)[C@@H]1CSSC[C@H](NC(=O)[C@@H](N)CC(=O)O)C(=O)N[C@@H](Cc2ccccc2)C(=O)N[C@H](Cc2c[nH]c3ccccc23)C(=O)N[C@@H](CCCCN)C(=O)N[C@@H](Cc2ccc(O)cc2)C(=O)N1)C(=O)O. The van der Waals surface area contributed by atoms with E-state index in [4.69, 9.17) is 11.5 Å². The second-order valence-corrected chi connectivity index (χ2v) is 20.7. The molecule has 74 heavy (non-hydrogen) atoms. The Morgan fingerprint density at radius 3 is 1.86 bits per heavy atom. The van der Waals surface area contributed by atoms with E-state index >= 15 is 0 Å². The monoisotopic (exact) mass is 1060 g/mol. The number of carboxylic acids is 2. The highest BCUT2D eigenvalue weighted by molar-refractivity contribution is 8.76. The number of aromatic hydroxyl groups is 1. The van der Waals surface area contributed by atoms with Gasteiger partial charge in [0.15, 0.2) is 0 Å². The molecule has 7 amide bonds. The maximum absolute atomic E-state index is 14.8. The number of fused-ring (bicyclic) bond motifs is 1. The molecular weight excluding hydrogens is 997 g/mol. The van der Waals surface area contributed by atoms with Gasteiger partial charge in [-0.05, 0) is 66.6 Å². The maximum atomic E-state index is 14.8. The molecule has 398 valence electrons. The third-order valence-corrected chi connectivity index (χ3v) is 14.4. The second kappa shape index (κ2) is 28.3. The van der Waals surface area contributed by atoms with Gasteiger partial charge in [0.2, 0.25) is 41.4 Å². The summed E-state index contributed by atoms with van der Waals surface area (Å²) >= 11 is 0. The van der Waals surface area contributed by atoms with Crippen LogP contribution in [0.15, 0.2) is 85.1 Å². The lowest BCUT2D eigenvalue weighted by molar-refractivity contribution is -0.143. The highest BCUT2D eigenvalue weighted by atomic mass is 33.1. The van der Waals surface area contributed by atoms with E-state index in [0.29, 0.717) is 29.5 Å². The summed E-state index contributed by atoms with van der Waals surface area (Å²) in [6.45, 7) is 3.39. The first-order chi connectivity index (χ1) is 35.3. The zero-order valence-electron chi connectivity index (χ0n) is 40.8. The number of H-pyrrole nitrogens is 1. The minimum atomic E-state index is -1.59. The number of aromatic amines is 1. The van der Waals surface area contributed by atoms with Crippen LogP contribution in [0.25, 0.3) is 10.9 Å². The molecule has 0 aliphatic carbocycles. The molecule has 1 fully saturated rings. The molecule has 1 aliphatic rings. The van der Waals surface area contributed by atoms with Crippen molar-refractivity contribution in [1.82, 2.24) is 42.2 Å². The Labute approximate surface area is 434 Å². The number of benzene rings is 3. The first-order valence-corrected chi connectivity index (χ1v) is 26.5. The number of hydrogen-bond donors (Lipinski definition) is 13. The molecular formula is C50H64N10O12S2. The highest BCUT2D eigenvalue weighted by Gasteiger charge is 2.36. The molecule has 1 saturated heterocycles. The number of para-hydroxylation sites is 1. The van der Waals surface area contributed by atoms with E-state index in [2.05, 4.69) is 42.2 Å². The summed E-state index contributed by atoms with van der Waals surface area (Å²) < 4.78 is 0. The lowest BCUT2D eigenvalue weighted by Gasteiger charge is -2.29. The summed E-state index contributed by atoms with van der Waals surface area (Å²) in [5, 5.41) is 48.7. The molecule has 8 atom stereocenters. The number of carbonyl (C=O) groups is 9. The van der Waals surface area contributed by atoms with Gasteiger partial charge >= 0.3 is 11.9 Å². The van der Waals surface area contributed by atoms with Crippen LogP contribution in [0.1, 0.15) is 56.2 Å². The van der Waals surface area contributed by atoms with Crippen LogP contribution in [0, 0.1) is 5.92 Å². The molecule has 1 aromatic heterocycles. The number of aliphatic carboxylic acids is 2. The average molecular weight is 1060 g/mol. The number of unbranched alkanes of at least 4 members (excludes halogenated alkanes) is 1. The van der Waals surface area contributed by atoms with Gasteiger partial charge in [0, 0.05) is 47.9 Å². The Hall–Kier alpha value is -7.15. The van der Waals surface area contributed by atoms with Crippen molar-refractivity contribution in [2.45, 2.75) is 107 Å². The van der Waals surface area contributed by atoms with Gasteiger partial charge < -0.3 is 69.0 Å². The second-order valence-electron chi connectivity index (χ2n) is 18.1. The molecule has 3 aromatic carbocycles. The number of aromatic nitrogens is 1. The Morgan fingerprint density at radius 1 is 0.689 bits per heavy atom. The number of nitrogens with one attached hydrogen (secondary N) is 8. The average Bonchev–Trinajstić information content (AvgIpc) is 3.77. The van der Waals surface area contributed by atoms with Gasteiger partial charge in [0.25, 0.3) is 0 Å². The zero-order chi connectivity index (χ0) is 53.9. The van der Waals surface area contributed by atoms with Crippen molar-refractivity contribution in [2.24, 2.45) is 17.4 Å². The minimum absolute atomic E-state index is 0.0245. The van der Waals surface area contributed by atoms with E-state index in [0.717, 1.165) is 32.5 Å². The number of phenolic OH excluding ortho intramolecular Hbond substituents is 1. The first-order valence-electron chi connectivity index (χ1n) is 24.0. The van der Waals surface area contributed by atoms with E-state index in [-0.39, 0.29) is 49.5 Å². The predicted octanol–water partition coefficient (Wildman–Crippen LogP) is 0.362. The summed E-state index contributed by atoms with van der Waals surface area (Å²) in [6, 6.07) is 10.1. The van der Waals surface area contributed by atoms with Crippen LogP contribution in [0.2, 0.25) is 0 Å². The normalized spacial score (nSPS) is 21.4. The van der Waals surface area contributed by atoms with Gasteiger partial charge in [0.1, 0.15) is 48.0 Å². The molecule has 4 aromatic rings. The fourth-order valence-electron chi connectivity index (χ4n) is 7.91. The Bertz CT molecular complexity index is 2600. The number of carbonyl (C=O) groups excluding carboxylic acids is 7. The topological polar surface area (TPSA) is 366 Å². The summed E-state index contributed by atoms with van der Waals surface area (Å²) in [4.78, 5) is 127. The fourth-order valence-corrected chi connectivity index (χ4v) is 10.2. The van der Waals surface area contributed by atoms with Crippen molar-refractivity contribution in [3.63, 3.8) is 0 Å². The summed E-state index contributed by atoms with van der Waals surface area (Å²) in [5.74, 6) is -10.1. The van der Waals surface area contributed by atoms with Crippen LogP contribution >= 0.6 is 21.6 Å². The minimum Gasteiger partial charge on any atom is -0.508 e. The smallest absolute Gasteiger partial charge is 0.326 e. The van der Waals surface area contributed by atoms with Crippen LogP contribution in [0.3, 0.4) is 0 Å². The maximum Gasteiger partial charge on any atom is 0.326 e. The van der Waals surface area contributed by atoms with Gasteiger partial charge in [-0.25, -0.2) is 4.79 Å². The lowest BCUT2D eigenvalue weighted by atomic mass is 10.0. The predicted molar refractivity (Wildman–Crippen MR) is 278 cm³/mol. The third-order valence-electron chi connectivity index (χ3n) is 12.0. The number of amides is 7. The van der Waals surface area contributed by atoms with Crippen LogP contribution in [-0.4, -0.2) is 140 Å². The largest absolute Gasteiger partial charge is 0.508 e. The molecule has 2 heterocycles. The van der Waals surface area contributed by atoms with E-state index in [1.165, 1.54) is 24.3 Å². The summed E-state index contributed by atoms with van der Waals surface area (Å²) in [6.07, 6.45) is 1.28. The highest BCUT2D eigenvalue weighted by Crippen LogP contribution is 2.25. The quantitative estimate of drug-likeness (QED) is 0.0473. The van der Waals surface area contributed by atoms with E-state index in [1.54, 1.807) is 56.4 Å². The van der Waals surface area contributed by atoms with Crippen molar-refractivity contribution in [3.8, 4) is 5.75 Å². The fraction of sp³-hybridized carbons (Fsp3) is 0.420. The molecule has 15 N–H and O–H groups in total. The van der Waals surface area contributed by atoms with Crippen LogP contribution in [0.5, 0.6) is 5.75 Å². The van der Waals surface area contributed by atoms with Crippen molar-refractivity contribution >= 4 is 85.8 Å². The molecule has 22 nitrogen and oxygen atoms in total. The molecule has 5 rings (SSSR count). The number of nitrogens with two attached hydrogens (primary N) is 2. The standard InChI is InChI=1S/C50H64N10O12S2/c1-27(2)42(50(71)72)60-49(70)40-26-74-73-25-39(58-43(64)33(52)23-41(62)63)48(69)56-36(20-28-10-4-3-5-11-28)45(66)57-38(22-30-24-53-34-13-7-6-12-32(30)34)47(68)54-35(14-8-9-19-51)44(65)55-37(46(67)59-40)21-29-15-17-31(61)18-16-29/h3-7,10-13,15-18,24,27,33,35-40,42,53,61H,8-9,14,19-23,25-26,51-52H2,1-2H3,(H,54,68)(H,55,65)(H,56,69)(H,57,66)(H,58,64)(H,59,67)(H,60,70)(H,62,63)(H,71,72)/t33-,35-,36-,37-,38+,39-,40-,42-/m0/s1. The third kappa shape index (κ3) is 17.5. The first kappa shape index (κ1) is 57.7. The molecule has 0 radical (unpaired) electrons. The molecule has 0 spiro atoms. The van der Waals surface area contributed by atoms with Crippen LogP contribution < -0.4 is 48.7 Å². The van der Waals surface area contributed by atoms with E-state index in [1.807, 2.05) is 18.2 Å². The van der Waals surface area contributed by atoms with E-state index in [9.17, 15) is 58.5 Å². The Morgan fingerprint density at radius 2 is 1.24 bits per heavy atom. The van der Waals surface area contributed by atoms with Gasteiger partial charge in [-0.15, -0.1) is 0 Å². The van der Waals surface area contributed by atoms with Gasteiger partial charge in [-0.1, -0.05) is 96.1 Å². The number of phenols is 1. The summed E-state index contributed by atoms with van der Waals surface area (Å²) in [7, 11) is 1.88. The molecule has 0 saturated carbocycles. The van der Waals surface area contributed by atoms with Gasteiger partial charge in [-0.3, -0.25) is 38.4 Å². The number of hydrogen-bond acceptors (Lipinski definition) is 14. The lowest BCUT2D eigenvalue weighted by Crippen LogP contribution is -2.61.